The Morgan fingerprint density at radius 3 is 2.37 bits per heavy atom. The van der Waals surface area contributed by atoms with Crippen LogP contribution in [0.2, 0.25) is 5.02 Å². The lowest BCUT2D eigenvalue weighted by Crippen LogP contribution is -2.70. The third kappa shape index (κ3) is 5.18. The van der Waals surface area contributed by atoms with Crippen molar-refractivity contribution in [2.75, 3.05) is 20.3 Å². The Bertz CT molecular complexity index is 1610. The van der Waals surface area contributed by atoms with Crippen LogP contribution in [0.5, 0.6) is 6.01 Å². The number of amides is 2. The van der Waals surface area contributed by atoms with E-state index in [1.54, 1.807) is 30.3 Å². The molecule has 2 amide bonds. The lowest BCUT2D eigenvalue weighted by atomic mass is 9.91. The van der Waals surface area contributed by atoms with E-state index in [2.05, 4.69) is 36.0 Å². The number of carbonyl (C=O) groups is 2. The molecule has 0 aliphatic carbocycles. The number of carbonyl (C=O) groups excluding carboxylic acids is 2. The van der Waals surface area contributed by atoms with Gasteiger partial charge in [0.15, 0.2) is 11.4 Å². The molecule has 4 aromatic rings. The van der Waals surface area contributed by atoms with E-state index in [1.165, 1.54) is 33.5 Å². The average molecular weight is 585 g/mol. The van der Waals surface area contributed by atoms with Crippen molar-refractivity contribution in [2.24, 2.45) is 7.05 Å². The Labute approximate surface area is 237 Å². The van der Waals surface area contributed by atoms with Crippen LogP contribution in [-0.4, -0.2) is 67.9 Å². The number of hydrogen-bond acceptors (Lipinski definition) is 9. The Morgan fingerprint density at radius 1 is 1.12 bits per heavy atom. The fourth-order valence-corrected chi connectivity index (χ4v) is 4.64. The number of aryl methyl sites for hydroxylation is 1. The van der Waals surface area contributed by atoms with Gasteiger partial charge in [0.1, 0.15) is 5.82 Å². The summed E-state index contributed by atoms with van der Waals surface area (Å²) in [6, 6.07) is 7.24. The lowest BCUT2D eigenvalue weighted by molar-refractivity contribution is -0.147. The second kappa shape index (κ2) is 11.1. The molecule has 15 heteroatoms. The second-order valence-electron chi connectivity index (χ2n) is 9.26. The van der Waals surface area contributed by atoms with E-state index in [1.807, 2.05) is 0 Å². The zero-order valence-electron chi connectivity index (χ0n) is 22.0. The smallest absolute Gasteiger partial charge is 0.316 e. The standard InChI is InChI=1S/C26H23ClF2N8O4/c1-13(32-24(39)26(11-41-12-26)33-23(38)15-9-30-25(40-3)31-10-15)16-20(28)18(22-34-36-37(2)35-22)17(19(27)21(16)29)14-7-5-4-6-8-14/h4-10,13H,11-12H2,1-3H3,(H,32,39)(H,33,38)/t13-/m1/s1. The van der Waals surface area contributed by atoms with Crippen molar-refractivity contribution in [3.8, 4) is 28.5 Å². The number of nitrogens with one attached hydrogen (secondary N) is 2. The van der Waals surface area contributed by atoms with E-state index in [0.29, 0.717) is 5.56 Å². The number of hydrogen-bond donors (Lipinski definition) is 2. The van der Waals surface area contributed by atoms with Crippen molar-refractivity contribution in [2.45, 2.75) is 18.5 Å². The Morgan fingerprint density at radius 2 is 1.80 bits per heavy atom. The van der Waals surface area contributed by atoms with Gasteiger partial charge in [0.2, 0.25) is 5.82 Å². The van der Waals surface area contributed by atoms with E-state index in [0.717, 1.165) is 4.80 Å². The van der Waals surface area contributed by atoms with E-state index in [4.69, 9.17) is 21.1 Å². The fraction of sp³-hybridized carbons (Fsp3) is 0.269. The van der Waals surface area contributed by atoms with E-state index >= 15 is 8.78 Å². The Kier molecular flexibility index (Phi) is 7.60. The maximum atomic E-state index is 16.3. The minimum Gasteiger partial charge on any atom is -0.467 e. The van der Waals surface area contributed by atoms with Crippen molar-refractivity contribution in [3.63, 3.8) is 0 Å². The third-order valence-corrected chi connectivity index (χ3v) is 6.84. The van der Waals surface area contributed by atoms with Crippen molar-refractivity contribution in [3.05, 3.63) is 70.5 Å². The second-order valence-corrected chi connectivity index (χ2v) is 9.63. The summed E-state index contributed by atoms with van der Waals surface area (Å²) in [5.74, 6) is -3.59. The van der Waals surface area contributed by atoms with Crippen LogP contribution in [0.1, 0.15) is 28.9 Å². The minimum atomic E-state index is -1.50. The van der Waals surface area contributed by atoms with Gasteiger partial charge in [-0.25, -0.2) is 18.7 Å². The first-order chi connectivity index (χ1) is 19.6. The first-order valence-electron chi connectivity index (χ1n) is 12.2. The summed E-state index contributed by atoms with van der Waals surface area (Å²) in [7, 11) is 2.88. The van der Waals surface area contributed by atoms with E-state index in [-0.39, 0.29) is 46.8 Å². The Hall–Kier alpha value is -4.56. The molecule has 1 aliphatic heterocycles. The van der Waals surface area contributed by atoms with Gasteiger partial charge in [-0.15, -0.1) is 10.2 Å². The molecule has 2 N–H and O–H groups in total. The van der Waals surface area contributed by atoms with Gasteiger partial charge < -0.3 is 20.1 Å². The molecular formula is C26H23ClF2N8O4. The SMILES string of the molecule is COc1ncc(C(=O)NC2(C(=O)N[C@H](C)c3c(F)c(Cl)c(-c4ccccc4)c(-c4nnn(C)n4)c3F)COC2)cn1. The highest BCUT2D eigenvalue weighted by Gasteiger charge is 2.48. The number of methoxy groups -OCH3 is 1. The molecule has 1 fully saturated rings. The lowest BCUT2D eigenvalue weighted by Gasteiger charge is -2.41. The van der Waals surface area contributed by atoms with E-state index < -0.39 is 40.6 Å². The topological polar surface area (TPSA) is 146 Å². The molecule has 0 spiro atoms. The van der Waals surface area contributed by atoms with Crippen molar-refractivity contribution < 1.29 is 27.8 Å². The number of rotatable bonds is 8. The molecule has 5 rings (SSSR count). The maximum absolute atomic E-state index is 16.3. The number of benzene rings is 2. The highest BCUT2D eigenvalue weighted by Crippen LogP contribution is 2.43. The first-order valence-corrected chi connectivity index (χ1v) is 12.6. The molecule has 0 saturated carbocycles. The zero-order valence-corrected chi connectivity index (χ0v) is 22.7. The predicted molar refractivity (Wildman–Crippen MR) is 141 cm³/mol. The summed E-state index contributed by atoms with van der Waals surface area (Å²) in [5, 5.41) is 16.6. The normalized spacial score (nSPS) is 14.6. The average Bonchev–Trinajstić information content (AvgIpc) is 3.38. The molecule has 0 unspecified atom stereocenters. The summed E-state index contributed by atoms with van der Waals surface area (Å²) in [5.41, 5.74) is -1.66. The molecule has 1 saturated heterocycles. The van der Waals surface area contributed by atoms with Crippen LogP contribution in [0.4, 0.5) is 8.78 Å². The van der Waals surface area contributed by atoms with Crippen molar-refractivity contribution in [1.29, 1.82) is 0 Å². The van der Waals surface area contributed by atoms with Crippen molar-refractivity contribution >= 4 is 23.4 Å². The van der Waals surface area contributed by atoms with Crippen LogP contribution < -0.4 is 15.4 Å². The Balaban J connectivity index is 1.47. The zero-order chi connectivity index (χ0) is 29.3. The van der Waals surface area contributed by atoms with Crippen LogP contribution >= 0.6 is 11.6 Å². The molecule has 2 aromatic heterocycles. The third-order valence-electron chi connectivity index (χ3n) is 6.49. The van der Waals surface area contributed by atoms with Gasteiger partial charge >= 0.3 is 6.01 Å². The van der Waals surface area contributed by atoms with Gasteiger partial charge in [-0.3, -0.25) is 9.59 Å². The first kappa shape index (κ1) is 28.0. The number of halogens is 3. The highest BCUT2D eigenvalue weighted by molar-refractivity contribution is 6.34. The number of nitrogens with zero attached hydrogens (tertiary/aromatic N) is 6. The largest absolute Gasteiger partial charge is 0.467 e. The van der Waals surface area contributed by atoms with Crippen LogP contribution in [0.3, 0.4) is 0 Å². The summed E-state index contributed by atoms with van der Waals surface area (Å²) >= 11 is 6.50. The fourth-order valence-electron chi connectivity index (χ4n) is 4.33. The van der Waals surface area contributed by atoms with Crippen molar-refractivity contribution in [1.82, 2.24) is 40.8 Å². The van der Waals surface area contributed by atoms with Gasteiger partial charge in [0.05, 0.1) is 49.6 Å². The molecule has 212 valence electrons. The summed E-state index contributed by atoms with van der Waals surface area (Å²) in [6.07, 6.45) is 2.47. The summed E-state index contributed by atoms with van der Waals surface area (Å²) in [6.45, 7) is 1.06. The molecule has 1 atom stereocenters. The molecule has 1 aliphatic rings. The maximum Gasteiger partial charge on any atom is 0.316 e. The van der Waals surface area contributed by atoms with Gasteiger partial charge in [-0.05, 0) is 17.7 Å². The van der Waals surface area contributed by atoms with Gasteiger partial charge in [-0.1, -0.05) is 41.9 Å². The quantitative estimate of drug-likeness (QED) is 0.298. The minimum absolute atomic E-state index is 0.0374. The molecule has 41 heavy (non-hydrogen) atoms. The van der Waals surface area contributed by atoms with Crippen LogP contribution in [0.15, 0.2) is 42.7 Å². The molecule has 2 aromatic carbocycles. The molecule has 0 bridgehead atoms. The molecular weight excluding hydrogens is 562 g/mol. The molecule has 12 nitrogen and oxygen atoms in total. The summed E-state index contributed by atoms with van der Waals surface area (Å²) in [4.78, 5) is 35.1. The number of tetrazole rings is 1. The van der Waals surface area contributed by atoms with E-state index in [9.17, 15) is 9.59 Å². The predicted octanol–water partition coefficient (Wildman–Crippen LogP) is 2.65. The number of ether oxygens (including phenoxy) is 2. The van der Waals surface area contributed by atoms with Gasteiger partial charge in [-0.2, -0.15) is 4.80 Å². The molecule has 3 heterocycles. The highest BCUT2D eigenvalue weighted by atomic mass is 35.5. The van der Waals surface area contributed by atoms with Crippen LogP contribution in [0, 0.1) is 11.6 Å². The van der Waals surface area contributed by atoms with Gasteiger partial charge in [0.25, 0.3) is 11.8 Å². The van der Waals surface area contributed by atoms with Crippen LogP contribution in [-0.2, 0) is 16.6 Å². The van der Waals surface area contributed by atoms with Gasteiger partial charge in [0, 0.05) is 23.5 Å². The summed E-state index contributed by atoms with van der Waals surface area (Å²) < 4.78 is 42.1. The van der Waals surface area contributed by atoms with Crippen LogP contribution in [0.25, 0.3) is 22.5 Å². The number of aromatic nitrogens is 6. The molecule has 0 radical (unpaired) electrons. The monoisotopic (exact) mass is 584 g/mol.